The Balaban J connectivity index is 1.79. The van der Waals surface area contributed by atoms with Gasteiger partial charge < -0.3 is 4.74 Å². The number of methoxy groups -OCH3 is 1. The van der Waals surface area contributed by atoms with Gasteiger partial charge in [-0.25, -0.2) is 13.4 Å². The molecule has 134 valence electrons. The predicted molar refractivity (Wildman–Crippen MR) is 99.7 cm³/mol. The van der Waals surface area contributed by atoms with Crippen molar-refractivity contribution in [3.63, 3.8) is 0 Å². The van der Waals surface area contributed by atoms with E-state index in [1.54, 1.807) is 18.2 Å². The van der Waals surface area contributed by atoms with E-state index >= 15 is 0 Å². The number of carbonyl (C=O) groups excluding carboxylic acids is 1. The summed E-state index contributed by atoms with van der Waals surface area (Å²) in [6.45, 7) is 0.703. The Morgan fingerprint density at radius 1 is 1.44 bits per heavy atom. The Morgan fingerprint density at radius 2 is 2.20 bits per heavy atom. The van der Waals surface area contributed by atoms with Crippen molar-refractivity contribution in [3.8, 4) is 5.75 Å². The topological polar surface area (TPSA) is 88.6 Å². The van der Waals surface area contributed by atoms with Crippen LogP contribution in [0.15, 0.2) is 22.7 Å². The van der Waals surface area contributed by atoms with E-state index < -0.39 is 10.0 Å². The molecule has 2 aromatic rings. The van der Waals surface area contributed by atoms with E-state index in [-0.39, 0.29) is 5.91 Å². The van der Waals surface area contributed by atoms with Crippen molar-refractivity contribution in [2.24, 2.45) is 0 Å². The highest BCUT2D eigenvalue weighted by molar-refractivity contribution is 9.10. The number of amides is 1. The van der Waals surface area contributed by atoms with E-state index in [1.165, 1.54) is 29.0 Å². The number of sulfonamides is 1. The Kier molecular flexibility index (Phi) is 5.14. The van der Waals surface area contributed by atoms with Crippen LogP contribution in [0.25, 0.3) is 0 Å². The average Bonchev–Trinajstić information content (AvgIpc) is 2.95. The number of nitrogens with one attached hydrogen (secondary N) is 1. The van der Waals surface area contributed by atoms with Crippen molar-refractivity contribution >= 4 is 48.3 Å². The fourth-order valence-electron chi connectivity index (χ4n) is 2.48. The van der Waals surface area contributed by atoms with Crippen molar-refractivity contribution in [2.45, 2.75) is 13.0 Å². The van der Waals surface area contributed by atoms with Crippen LogP contribution in [-0.2, 0) is 23.0 Å². The molecule has 0 aliphatic carbocycles. The first-order valence-electron chi connectivity index (χ1n) is 7.36. The first-order chi connectivity index (χ1) is 11.8. The van der Waals surface area contributed by atoms with E-state index in [9.17, 15) is 13.2 Å². The minimum atomic E-state index is -3.23. The van der Waals surface area contributed by atoms with Crippen LogP contribution < -0.4 is 10.1 Å². The second kappa shape index (κ2) is 7.02. The van der Waals surface area contributed by atoms with Crippen LogP contribution in [0.2, 0.25) is 0 Å². The van der Waals surface area contributed by atoms with Gasteiger partial charge in [-0.1, -0.05) is 0 Å². The predicted octanol–water partition coefficient (Wildman–Crippen LogP) is 2.48. The molecule has 7 nitrogen and oxygen atoms in total. The summed E-state index contributed by atoms with van der Waals surface area (Å²) >= 11 is 4.65. The Bertz CT molecular complexity index is 927. The molecule has 1 amide bonds. The largest absolute Gasteiger partial charge is 0.497 e. The number of rotatable bonds is 4. The number of fused-ring (bicyclic) bond motifs is 1. The summed E-state index contributed by atoms with van der Waals surface area (Å²) in [5.41, 5.74) is 1.27. The molecule has 0 bridgehead atoms. The molecular formula is C15H16BrN3O4S2. The molecule has 2 heterocycles. The van der Waals surface area contributed by atoms with Crippen LogP contribution in [0, 0.1) is 0 Å². The maximum absolute atomic E-state index is 12.5. The molecule has 3 rings (SSSR count). The highest BCUT2D eigenvalue weighted by Gasteiger charge is 2.26. The average molecular weight is 446 g/mol. The summed E-state index contributed by atoms with van der Waals surface area (Å²) in [6, 6.07) is 5.13. The van der Waals surface area contributed by atoms with Crippen LogP contribution in [0.1, 0.15) is 20.9 Å². The minimum absolute atomic E-state index is 0.296. The molecule has 0 saturated carbocycles. The van der Waals surface area contributed by atoms with Gasteiger partial charge >= 0.3 is 0 Å². The van der Waals surface area contributed by atoms with Gasteiger partial charge in [-0.15, -0.1) is 11.3 Å². The zero-order valence-electron chi connectivity index (χ0n) is 13.6. The first-order valence-corrected chi connectivity index (χ1v) is 10.8. The first kappa shape index (κ1) is 18.3. The third-order valence-corrected chi connectivity index (χ3v) is 6.74. The third kappa shape index (κ3) is 4.02. The molecule has 1 aliphatic rings. The number of aromatic nitrogens is 1. The quantitative estimate of drug-likeness (QED) is 0.780. The zero-order chi connectivity index (χ0) is 18.2. The molecule has 25 heavy (non-hydrogen) atoms. The van der Waals surface area contributed by atoms with Gasteiger partial charge in [-0.3, -0.25) is 10.1 Å². The van der Waals surface area contributed by atoms with Crippen LogP contribution in [0.4, 0.5) is 5.13 Å². The molecular weight excluding hydrogens is 430 g/mol. The molecule has 0 radical (unpaired) electrons. The lowest BCUT2D eigenvalue weighted by Crippen LogP contribution is -2.34. The van der Waals surface area contributed by atoms with Crippen molar-refractivity contribution in [3.05, 3.63) is 38.8 Å². The Hall–Kier alpha value is -1.49. The second-order valence-corrected chi connectivity index (χ2v) is 9.46. The van der Waals surface area contributed by atoms with E-state index in [0.29, 0.717) is 40.4 Å². The number of halogens is 1. The fourth-order valence-corrected chi connectivity index (χ4v) is 4.79. The van der Waals surface area contributed by atoms with Crippen LogP contribution >= 0.6 is 27.3 Å². The summed E-state index contributed by atoms with van der Waals surface area (Å²) in [4.78, 5) is 17.8. The molecule has 1 N–H and O–H groups in total. The highest BCUT2D eigenvalue weighted by atomic mass is 79.9. The molecule has 0 unspecified atom stereocenters. The monoisotopic (exact) mass is 445 g/mol. The molecule has 0 spiro atoms. The van der Waals surface area contributed by atoms with Crippen molar-refractivity contribution in [2.75, 3.05) is 25.2 Å². The molecule has 0 saturated heterocycles. The maximum atomic E-state index is 12.5. The molecule has 1 aliphatic heterocycles. The lowest BCUT2D eigenvalue weighted by molar-refractivity contribution is 0.102. The maximum Gasteiger partial charge on any atom is 0.258 e. The van der Waals surface area contributed by atoms with E-state index in [1.807, 2.05) is 0 Å². The second-order valence-electron chi connectivity index (χ2n) is 5.54. The van der Waals surface area contributed by atoms with Crippen molar-refractivity contribution in [1.29, 1.82) is 0 Å². The van der Waals surface area contributed by atoms with Crippen LogP contribution in [-0.4, -0.2) is 43.5 Å². The Labute approximate surface area is 158 Å². The van der Waals surface area contributed by atoms with Gasteiger partial charge in [0.1, 0.15) is 5.75 Å². The fraction of sp³-hybridized carbons (Fsp3) is 0.333. The van der Waals surface area contributed by atoms with Gasteiger partial charge in [0, 0.05) is 28.9 Å². The number of hydrogen-bond donors (Lipinski definition) is 1. The summed E-state index contributed by atoms with van der Waals surface area (Å²) in [5.74, 6) is 0.271. The standard InChI is InChI=1S/C15H16BrN3O4S2/c1-23-9-3-4-11(16)10(7-9)14(20)18-15-17-12-5-6-19(25(2,21)22)8-13(12)24-15/h3-4,7H,5-6,8H2,1-2H3,(H,17,18,20). The van der Waals surface area contributed by atoms with E-state index in [2.05, 4.69) is 26.2 Å². The number of benzene rings is 1. The minimum Gasteiger partial charge on any atom is -0.497 e. The molecule has 1 aromatic heterocycles. The number of nitrogens with zero attached hydrogens (tertiary/aromatic N) is 2. The number of thiazole rings is 1. The van der Waals surface area contributed by atoms with E-state index in [4.69, 9.17) is 4.74 Å². The smallest absolute Gasteiger partial charge is 0.258 e. The molecule has 1 aromatic carbocycles. The third-order valence-electron chi connectivity index (χ3n) is 3.80. The SMILES string of the molecule is COc1ccc(Br)c(C(=O)Nc2nc3c(s2)CN(S(C)(=O)=O)CC3)c1. The number of ether oxygens (including phenoxy) is 1. The lowest BCUT2D eigenvalue weighted by atomic mass is 10.2. The lowest BCUT2D eigenvalue weighted by Gasteiger charge is -2.23. The van der Waals surface area contributed by atoms with E-state index in [0.717, 1.165) is 10.6 Å². The zero-order valence-corrected chi connectivity index (χ0v) is 16.8. The van der Waals surface area contributed by atoms with Gasteiger partial charge in [-0.2, -0.15) is 4.31 Å². The van der Waals surface area contributed by atoms with Gasteiger partial charge in [0.2, 0.25) is 10.0 Å². The summed E-state index contributed by atoms with van der Waals surface area (Å²) in [7, 11) is -1.70. The van der Waals surface area contributed by atoms with Gasteiger partial charge in [0.05, 0.1) is 24.6 Å². The summed E-state index contributed by atoms with van der Waals surface area (Å²) in [5, 5.41) is 3.23. The van der Waals surface area contributed by atoms with Crippen LogP contribution in [0.3, 0.4) is 0 Å². The molecule has 10 heteroatoms. The van der Waals surface area contributed by atoms with Crippen molar-refractivity contribution in [1.82, 2.24) is 9.29 Å². The van der Waals surface area contributed by atoms with Gasteiger partial charge in [-0.05, 0) is 34.1 Å². The normalized spacial score (nSPS) is 14.8. The highest BCUT2D eigenvalue weighted by Crippen LogP contribution is 2.30. The summed E-state index contributed by atoms with van der Waals surface area (Å²) in [6.07, 6.45) is 1.74. The Morgan fingerprint density at radius 3 is 2.88 bits per heavy atom. The number of hydrogen-bond acceptors (Lipinski definition) is 6. The van der Waals surface area contributed by atoms with Gasteiger partial charge in [0.15, 0.2) is 5.13 Å². The van der Waals surface area contributed by atoms with Crippen molar-refractivity contribution < 1.29 is 17.9 Å². The molecule has 0 atom stereocenters. The molecule has 0 fully saturated rings. The van der Waals surface area contributed by atoms with Gasteiger partial charge in [0.25, 0.3) is 5.91 Å². The number of anilines is 1. The summed E-state index contributed by atoms with van der Waals surface area (Å²) < 4.78 is 30.6. The van der Waals surface area contributed by atoms with Crippen LogP contribution in [0.5, 0.6) is 5.75 Å². The number of carbonyl (C=O) groups is 1.